The number of carbonyl (C=O) groups is 2. The molecule has 92 valence electrons. The minimum atomic E-state index is -1.05. The van der Waals surface area contributed by atoms with E-state index in [0.29, 0.717) is 0 Å². The summed E-state index contributed by atoms with van der Waals surface area (Å²) in [7, 11) is 0. The smallest absolute Gasteiger partial charge is 0.325 e. The predicted octanol–water partition coefficient (Wildman–Crippen LogP) is 1.08. The topological polar surface area (TPSA) is 78.4 Å². The molecule has 0 aliphatic rings. The lowest BCUT2D eigenvalue weighted by Crippen LogP contribution is -2.45. The van der Waals surface area contributed by atoms with Crippen LogP contribution in [-0.2, 0) is 9.59 Å². The van der Waals surface area contributed by atoms with Crippen molar-refractivity contribution in [2.75, 3.05) is 5.32 Å². The quantitative estimate of drug-likeness (QED) is 0.714. The average Bonchev–Trinajstić information content (AvgIpc) is 2.29. The standard InChI is InChI=1S/C12H16N2O3/c1-8(11(15)14-9(2)12(16)17)13-10-6-4-3-5-7-10/h3-9,13H,1-2H3,(H,14,15)(H,16,17). The molecule has 0 aliphatic heterocycles. The maximum absolute atomic E-state index is 11.6. The fraction of sp³-hybridized carbons (Fsp3) is 0.333. The minimum absolute atomic E-state index is 0.344. The first kappa shape index (κ1) is 13.0. The van der Waals surface area contributed by atoms with Gasteiger partial charge in [-0.3, -0.25) is 9.59 Å². The SMILES string of the molecule is CC(NC(=O)C(C)Nc1ccccc1)C(=O)O. The number of nitrogens with one attached hydrogen (secondary N) is 2. The number of aliphatic carboxylic acids is 1. The zero-order valence-electron chi connectivity index (χ0n) is 9.81. The summed E-state index contributed by atoms with van der Waals surface area (Å²) in [5, 5.41) is 14.0. The van der Waals surface area contributed by atoms with Gasteiger partial charge in [-0.1, -0.05) is 18.2 Å². The number of rotatable bonds is 5. The van der Waals surface area contributed by atoms with Crippen molar-refractivity contribution < 1.29 is 14.7 Å². The number of anilines is 1. The molecule has 1 aromatic rings. The molecule has 0 fully saturated rings. The zero-order chi connectivity index (χ0) is 12.8. The Bertz CT molecular complexity index is 392. The van der Waals surface area contributed by atoms with Crippen molar-refractivity contribution in [3.8, 4) is 0 Å². The Kier molecular flexibility index (Phi) is 4.51. The second kappa shape index (κ2) is 5.89. The van der Waals surface area contributed by atoms with Gasteiger partial charge in [0.05, 0.1) is 0 Å². The van der Waals surface area contributed by atoms with Crippen LogP contribution in [0.5, 0.6) is 0 Å². The van der Waals surface area contributed by atoms with E-state index in [1.165, 1.54) is 6.92 Å². The van der Waals surface area contributed by atoms with Crippen LogP contribution in [0.1, 0.15) is 13.8 Å². The zero-order valence-corrected chi connectivity index (χ0v) is 9.81. The molecule has 1 aromatic carbocycles. The molecule has 1 rings (SSSR count). The highest BCUT2D eigenvalue weighted by atomic mass is 16.4. The van der Waals surface area contributed by atoms with E-state index in [4.69, 9.17) is 5.11 Å². The van der Waals surface area contributed by atoms with Crippen molar-refractivity contribution >= 4 is 17.6 Å². The highest BCUT2D eigenvalue weighted by Gasteiger charge is 2.18. The van der Waals surface area contributed by atoms with Crippen LogP contribution >= 0.6 is 0 Å². The highest BCUT2D eigenvalue weighted by molar-refractivity contribution is 5.88. The summed E-state index contributed by atoms with van der Waals surface area (Å²) >= 11 is 0. The van der Waals surface area contributed by atoms with Gasteiger partial charge in [-0.25, -0.2) is 0 Å². The second-order valence-electron chi connectivity index (χ2n) is 3.80. The van der Waals surface area contributed by atoms with Crippen molar-refractivity contribution in [3.05, 3.63) is 30.3 Å². The second-order valence-corrected chi connectivity index (χ2v) is 3.80. The Hall–Kier alpha value is -2.04. The third kappa shape index (κ3) is 4.14. The third-order valence-electron chi connectivity index (χ3n) is 2.28. The van der Waals surface area contributed by atoms with Gasteiger partial charge in [0, 0.05) is 5.69 Å². The number of carboxylic acids is 1. The van der Waals surface area contributed by atoms with Crippen molar-refractivity contribution in [2.45, 2.75) is 25.9 Å². The molecule has 2 atom stereocenters. The molecule has 0 aliphatic carbocycles. The molecule has 5 nitrogen and oxygen atoms in total. The van der Waals surface area contributed by atoms with Gasteiger partial charge in [0.15, 0.2) is 0 Å². The molecule has 0 saturated heterocycles. The van der Waals surface area contributed by atoms with Crippen molar-refractivity contribution in [1.82, 2.24) is 5.32 Å². The Morgan fingerprint density at radius 2 is 1.71 bits per heavy atom. The van der Waals surface area contributed by atoms with Gasteiger partial charge in [0.25, 0.3) is 0 Å². The number of carboxylic acid groups (broad SMARTS) is 1. The summed E-state index contributed by atoms with van der Waals surface area (Å²) < 4.78 is 0. The number of hydrogen-bond donors (Lipinski definition) is 3. The van der Waals surface area contributed by atoms with Gasteiger partial charge in [-0.15, -0.1) is 0 Å². The van der Waals surface area contributed by atoms with Crippen molar-refractivity contribution in [2.24, 2.45) is 0 Å². The van der Waals surface area contributed by atoms with Crippen molar-refractivity contribution in [1.29, 1.82) is 0 Å². The molecule has 0 spiro atoms. The first-order valence-electron chi connectivity index (χ1n) is 5.35. The summed E-state index contributed by atoms with van der Waals surface area (Å²) in [6.45, 7) is 3.10. The van der Waals surface area contributed by atoms with E-state index in [1.54, 1.807) is 6.92 Å². The highest BCUT2D eigenvalue weighted by Crippen LogP contribution is 2.06. The Labute approximate surface area is 99.8 Å². The van der Waals surface area contributed by atoms with Gasteiger partial charge < -0.3 is 15.7 Å². The molecule has 0 heterocycles. The monoisotopic (exact) mass is 236 g/mol. The van der Waals surface area contributed by atoms with Gasteiger partial charge in [0.1, 0.15) is 12.1 Å². The molecule has 0 aromatic heterocycles. The van der Waals surface area contributed by atoms with Crippen LogP contribution in [0.15, 0.2) is 30.3 Å². The maximum Gasteiger partial charge on any atom is 0.325 e. The van der Waals surface area contributed by atoms with E-state index in [0.717, 1.165) is 5.69 Å². The number of hydrogen-bond acceptors (Lipinski definition) is 3. The van der Waals surface area contributed by atoms with Gasteiger partial charge >= 0.3 is 5.97 Å². The fourth-order valence-corrected chi connectivity index (χ4v) is 1.25. The number of carbonyl (C=O) groups excluding carboxylic acids is 1. The number of amides is 1. The predicted molar refractivity (Wildman–Crippen MR) is 64.8 cm³/mol. The maximum atomic E-state index is 11.6. The summed E-state index contributed by atoms with van der Waals surface area (Å²) in [6.07, 6.45) is 0. The van der Waals surface area contributed by atoms with E-state index in [1.807, 2.05) is 30.3 Å². The van der Waals surface area contributed by atoms with Crippen LogP contribution in [0.25, 0.3) is 0 Å². The van der Waals surface area contributed by atoms with E-state index in [2.05, 4.69) is 10.6 Å². The van der Waals surface area contributed by atoms with Gasteiger partial charge in [-0.05, 0) is 26.0 Å². The summed E-state index contributed by atoms with van der Waals surface area (Å²) in [6, 6.07) is 7.89. The Morgan fingerprint density at radius 1 is 1.12 bits per heavy atom. The van der Waals surface area contributed by atoms with Crippen LogP contribution in [0.2, 0.25) is 0 Å². The summed E-state index contributed by atoms with van der Waals surface area (Å²) in [4.78, 5) is 22.2. The van der Waals surface area contributed by atoms with Gasteiger partial charge in [0.2, 0.25) is 5.91 Å². The van der Waals surface area contributed by atoms with E-state index >= 15 is 0 Å². The molecule has 17 heavy (non-hydrogen) atoms. The van der Waals surface area contributed by atoms with Crippen LogP contribution < -0.4 is 10.6 Å². The fourth-order valence-electron chi connectivity index (χ4n) is 1.25. The average molecular weight is 236 g/mol. The summed E-state index contributed by atoms with van der Waals surface area (Å²) in [5.41, 5.74) is 0.818. The van der Waals surface area contributed by atoms with Crippen molar-refractivity contribution in [3.63, 3.8) is 0 Å². The summed E-state index contributed by atoms with van der Waals surface area (Å²) in [5.74, 6) is -1.39. The molecule has 3 N–H and O–H groups in total. The molecular formula is C12H16N2O3. The van der Waals surface area contributed by atoms with Crippen LogP contribution in [0, 0.1) is 0 Å². The molecular weight excluding hydrogens is 220 g/mol. The third-order valence-corrected chi connectivity index (χ3v) is 2.28. The van der Waals surface area contributed by atoms with E-state index < -0.39 is 18.1 Å². The van der Waals surface area contributed by atoms with E-state index in [9.17, 15) is 9.59 Å². The van der Waals surface area contributed by atoms with Crippen LogP contribution in [0.3, 0.4) is 0 Å². The lowest BCUT2D eigenvalue weighted by atomic mass is 10.2. The Morgan fingerprint density at radius 3 is 2.24 bits per heavy atom. The molecule has 0 saturated carbocycles. The largest absolute Gasteiger partial charge is 0.480 e. The first-order chi connectivity index (χ1) is 8.00. The number of benzene rings is 1. The number of para-hydroxylation sites is 1. The normalized spacial score (nSPS) is 13.5. The first-order valence-corrected chi connectivity index (χ1v) is 5.35. The minimum Gasteiger partial charge on any atom is -0.480 e. The molecule has 0 bridgehead atoms. The molecule has 1 amide bonds. The van der Waals surface area contributed by atoms with Gasteiger partial charge in [-0.2, -0.15) is 0 Å². The van der Waals surface area contributed by atoms with Crippen LogP contribution in [0.4, 0.5) is 5.69 Å². The lowest BCUT2D eigenvalue weighted by Gasteiger charge is -2.17. The molecule has 2 unspecified atom stereocenters. The lowest BCUT2D eigenvalue weighted by molar-refractivity contribution is -0.141. The Balaban J connectivity index is 2.50. The molecule has 0 radical (unpaired) electrons. The van der Waals surface area contributed by atoms with Crippen LogP contribution in [-0.4, -0.2) is 29.1 Å². The molecule has 5 heteroatoms. The van der Waals surface area contributed by atoms with E-state index in [-0.39, 0.29) is 5.91 Å².